The number of hydrogen-bond acceptors (Lipinski definition) is 5. The van der Waals surface area contributed by atoms with Gasteiger partial charge in [-0.15, -0.1) is 0 Å². The molecule has 7 nitrogen and oxygen atoms in total. The van der Waals surface area contributed by atoms with Crippen LogP contribution in [-0.4, -0.2) is 45.6 Å². The normalized spacial score (nSPS) is 17.4. The monoisotopic (exact) mass is 418 g/mol. The standard InChI is InChI=1S/C24H26N4O3/c29-22(13-12-17-7-2-1-3-8-17)24(31)27-28-14-6-11-21(28)23(30)26-19-15-18-9-4-5-10-20(18)25-16-19/h1-5,7-10,15-16,21-22,29H,6,11-14H2,(H,26,30)(H,27,31)/t21-,22?/m1/s1. The van der Waals surface area contributed by atoms with Crippen molar-refractivity contribution in [2.75, 3.05) is 11.9 Å². The number of aryl methyl sites for hydroxylation is 1. The number of pyridine rings is 1. The maximum atomic E-state index is 12.8. The zero-order valence-corrected chi connectivity index (χ0v) is 17.2. The molecule has 1 aromatic heterocycles. The highest BCUT2D eigenvalue weighted by atomic mass is 16.3. The number of carbonyl (C=O) groups excluding carboxylic acids is 2. The van der Waals surface area contributed by atoms with E-state index in [1.807, 2.05) is 60.7 Å². The summed E-state index contributed by atoms with van der Waals surface area (Å²) in [6, 6.07) is 18.8. The molecule has 0 bridgehead atoms. The van der Waals surface area contributed by atoms with Crippen LogP contribution in [0.15, 0.2) is 66.9 Å². The fourth-order valence-electron chi connectivity index (χ4n) is 3.83. The number of aromatic nitrogens is 1. The fraction of sp³-hybridized carbons (Fsp3) is 0.292. The maximum absolute atomic E-state index is 12.8. The molecular formula is C24H26N4O3. The third-order valence-corrected chi connectivity index (χ3v) is 5.52. The molecular weight excluding hydrogens is 392 g/mol. The van der Waals surface area contributed by atoms with Crippen LogP contribution in [0.4, 0.5) is 5.69 Å². The Balaban J connectivity index is 1.33. The minimum absolute atomic E-state index is 0.200. The SMILES string of the molecule is O=C(NN1CCC[C@@H]1C(=O)Nc1cnc2ccccc2c1)C(O)CCc1ccccc1. The van der Waals surface area contributed by atoms with Crippen LogP contribution in [0.5, 0.6) is 0 Å². The molecule has 1 unspecified atom stereocenters. The predicted molar refractivity (Wildman–Crippen MR) is 119 cm³/mol. The fourth-order valence-corrected chi connectivity index (χ4v) is 3.83. The molecule has 3 aromatic rings. The van der Waals surface area contributed by atoms with Gasteiger partial charge in [0, 0.05) is 11.9 Å². The van der Waals surface area contributed by atoms with Crippen molar-refractivity contribution in [2.24, 2.45) is 0 Å². The number of hydrazine groups is 1. The summed E-state index contributed by atoms with van der Waals surface area (Å²) >= 11 is 0. The van der Waals surface area contributed by atoms with Crippen LogP contribution in [0.25, 0.3) is 10.9 Å². The Bertz CT molecular complexity index is 1060. The van der Waals surface area contributed by atoms with E-state index >= 15 is 0 Å². The van der Waals surface area contributed by atoms with Gasteiger partial charge in [0.2, 0.25) is 5.91 Å². The summed E-state index contributed by atoms with van der Waals surface area (Å²) in [6.45, 7) is 0.561. The van der Waals surface area contributed by atoms with Crippen molar-refractivity contribution in [3.8, 4) is 0 Å². The van der Waals surface area contributed by atoms with Crippen molar-refractivity contribution in [1.29, 1.82) is 0 Å². The minimum atomic E-state index is -1.13. The number of nitrogens with one attached hydrogen (secondary N) is 2. The molecule has 0 spiro atoms. The number of benzene rings is 2. The summed E-state index contributed by atoms with van der Waals surface area (Å²) in [5.41, 5.74) is 5.27. The smallest absolute Gasteiger partial charge is 0.263 e. The number of rotatable bonds is 7. The molecule has 0 saturated carbocycles. The third kappa shape index (κ3) is 5.25. The van der Waals surface area contributed by atoms with E-state index in [1.54, 1.807) is 11.2 Å². The molecule has 4 rings (SSSR count). The lowest BCUT2D eigenvalue weighted by atomic mass is 10.1. The number of fused-ring (bicyclic) bond motifs is 1. The highest BCUT2D eigenvalue weighted by Crippen LogP contribution is 2.20. The number of amides is 2. The summed E-state index contributed by atoms with van der Waals surface area (Å²) in [7, 11) is 0. The van der Waals surface area contributed by atoms with Crippen molar-refractivity contribution in [3.05, 3.63) is 72.4 Å². The Hall–Kier alpha value is -3.29. The van der Waals surface area contributed by atoms with E-state index in [9.17, 15) is 14.7 Å². The Morgan fingerprint density at radius 2 is 1.90 bits per heavy atom. The lowest BCUT2D eigenvalue weighted by molar-refractivity contribution is -0.136. The highest BCUT2D eigenvalue weighted by Gasteiger charge is 2.33. The van der Waals surface area contributed by atoms with E-state index in [4.69, 9.17) is 0 Å². The number of para-hydroxylation sites is 1. The van der Waals surface area contributed by atoms with E-state index in [0.717, 1.165) is 22.9 Å². The molecule has 2 aromatic carbocycles. The van der Waals surface area contributed by atoms with Crippen LogP contribution in [-0.2, 0) is 16.0 Å². The molecule has 2 atom stereocenters. The lowest BCUT2D eigenvalue weighted by Crippen LogP contribution is -2.52. The Kier molecular flexibility index (Phi) is 6.54. The van der Waals surface area contributed by atoms with Crippen molar-refractivity contribution in [2.45, 2.75) is 37.8 Å². The van der Waals surface area contributed by atoms with Crippen molar-refractivity contribution in [1.82, 2.24) is 15.4 Å². The first kappa shape index (κ1) is 21.0. The van der Waals surface area contributed by atoms with Gasteiger partial charge in [-0.1, -0.05) is 48.5 Å². The van der Waals surface area contributed by atoms with E-state index in [-0.39, 0.29) is 5.91 Å². The summed E-state index contributed by atoms with van der Waals surface area (Å²) in [6.07, 6.45) is 2.85. The Labute approximate surface area is 181 Å². The van der Waals surface area contributed by atoms with Gasteiger partial charge < -0.3 is 10.4 Å². The van der Waals surface area contributed by atoms with E-state index < -0.39 is 18.1 Å². The number of aliphatic hydroxyl groups excluding tert-OH is 1. The predicted octanol–water partition coefficient (Wildman–Crippen LogP) is 2.66. The first-order valence-corrected chi connectivity index (χ1v) is 10.5. The summed E-state index contributed by atoms with van der Waals surface area (Å²) in [5.74, 6) is -0.684. The number of aliphatic hydroxyl groups is 1. The zero-order valence-electron chi connectivity index (χ0n) is 17.2. The van der Waals surface area contributed by atoms with Gasteiger partial charge >= 0.3 is 0 Å². The average molecular weight is 418 g/mol. The minimum Gasteiger partial charge on any atom is -0.383 e. The van der Waals surface area contributed by atoms with Gasteiger partial charge in [-0.3, -0.25) is 20.0 Å². The second-order valence-electron chi connectivity index (χ2n) is 7.77. The van der Waals surface area contributed by atoms with Gasteiger partial charge in [0.25, 0.3) is 5.91 Å². The lowest BCUT2D eigenvalue weighted by Gasteiger charge is -2.25. The summed E-state index contributed by atoms with van der Waals surface area (Å²) < 4.78 is 0. The molecule has 1 saturated heterocycles. The van der Waals surface area contributed by atoms with Crippen molar-refractivity contribution in [3.63, 3.8) is 0 Å². The molecule has 1 fully saturated rings. The molecule has 0 radical (unpaired) electrons. The van der Waals surface area contributed by atoms with Crippen molar-refractivity contribution >= 4 is 28.4 Å². The van der Waals surface area contributed by atoms with Gasteiger partial charge in [0.05, 0.1) is 17.4 Å². The zero-order chi connectivity index (χ0) is 21.6. The number of carbonyl (C=O) groups is 2. The molecule has 1 aliphatic heterocycles. The summed E-state index contributed by atoms with van der Waals surface area (Å²) in [4.78, 5) is 29.6. The molecule has 3 N–H and O–H groups in total. The van der Waals surface area contributed by atoms with Crippen LogP contribution in [0.2, 0.25) is 0 Å². The van der Waals surface area contributed by atoms with Gasteiger partial charge in [-0.05, 0) is 43.4 Å². The van der Waals surface area contributed by atoms with Crippen LogP contribution in [0, 0.1) is 0 Å². The van der Waals surface area contributed by atoms with Gasteiger partial charge in [-0.25, -0.2) is 5.01 Å². The first-order valence-electron chi connectivity index (χ1n) is 10.5. The molecule has 31 heavy (non-hydrogen) atoms. The molecule has 1 aliphatic rings. The topological polar surface area (TPSA) is 94.6 Å². The molecule has 2 amide bonds. The number of anilines is 1. The van der Waals surface area contributed by atoms with Crippen LogP contribution in [0.1, 0.15) is 24.8 Å². The largest absolute Gasteiger partial charge is 0.383 e. The van der Waals surface area contributed by atoms with Gasteiger partial charge in [0.1, 0.15) is 12.1 Å². The van der Waals surface area contributed by atoms with E-state index in [2.05, 4.69) is 15.7 Å². The van der Waals surface area contributed by atoms with E-state index in [0.29, 0.717) is 31.5 Å². The second kappa shape index (κ2) is 9.68. The Morgan fingerprint density at radius 1 is 1.13 bits per heavy atom. The average Bonchev–Trinajstić information content (AvgIpc) is 3.26. The van der Waals surface area contributed by atoms with Crippen LogP contribution < -0.4 is 10.7 Å². The van der Waals surface area contributed by atoms with E-state index in [1.165, 1.54) is 0 Å². The third-order valence-electron chi connectivity index (χ3n) is 5.52. The van der Waals surface area contributed by atoms with Crippen molar-refractivity contribution < 1.29 is 14.7 Å². The first-order chi connectivity index (χ1) is 15.1. The molecule has 2 heterocycles. The molecule has 7 heteroatoms. The van der Waals surface area contributed by atoms with Crippen LogP contribution >= 0.6 is 0 Å². The molecule has 160 valence electrons. The highest BCUT2D eigenvalue weighted by molar-refractivity contribution is 5.96. The van der Waals surface area contributed by atoms with Gasteiger partial charge in [-0.2, -0.15) is 0 Å². The number of hydrogen-bond donors (Lipinski definition) is 3. The Morgan fingerprint density at radius 3 is 2.74 bits per heavy atom. The number of nitrogens with zero attached hydrogens (tertiary/aromatic N) is 2. The quantitative estimate of drug-likeness (QED) is 0.548. The maximum Gasteiger partial charge on any atom is 0.263 e. The second-order valence-corrected chi connectivity index (χ2v) is 7.77. The van der Waals surface area contributed by atoms with Gasteiger partial charge in [0.15, 0.2) is 0 Å². The van der Waals surface area contributed by atoms with Crippen LogP contribution in [0.3, 0.4) is 0 Å². The molecule has 0 aliphatic carbocycles. The summed E-state index contributed by atoms with van der Waals surface area (Å²) in [5, 5.41) is 15.7.